The van der Waals surface area contributed by atoms with Crippen LogP contribution in [0.4, 0.5) is 0 Å². The lowest BCUT2D eigenvalue weighted by Crippen LogP contribution is -2.74. The molecular formula is C60H40N2OSi. The zero-order valence-electron chi connectivity index (χ0n) is 34.9. The van der Waals surface area contributed by atoms with Crippen LogP contribution in [0.25, 0.3) is 88.1 Å². The maximum Gasteiger partial charge on any atom is 0.179 e. The average Bonchev–Trinajstić information content (AvgIpc) is 4.03. The molecule has 13 aromatic rings. The average molecular weight is 833 g/mol. The molecular weight excluding hydrogens is 793 g/mol. The van der Waals surface area contributed by atoms with Crippen molar-refractivity contribution >= 4 is 94.4 Å². The van der Waals surface area contributed by atoms with Gasteiger partial charge in [-0.2, -0.15) is 0 Å². The van der Waals surface area contributed by atoms with Crippen molar-refractivity contribution in [3.8, 4) is 22.5 Å². The van der Waals surface area contributed by atoms with E-state index in [9.17, 15) is 0 Å². The van der Waals surface area contributed by atoms with Crippen molar-refractivity contribution in [3.63, 3.8) is 0 Å². The molecule has 0 saturated heterocycles. The second kappa shape index (κ2) is 14.5. The van der Waals surface area contributed by atoms with Crippen LogP contribution in [-0.4, -0.2) is 17.2 Å². The molecule has 4 heteroatoms. The molecule has 0 saturated carbocycles. The lowest BCUT2D eigenvalue weighted by molar-refractivity contribution is 0.670. The number of hydrogen-bond acceptors (Lipinski definition) is 1. The zero-order chi connectivity index (χ0) is 42.2. The summed E-state index contributed by atoms with van der Waals surface area (Å²) in [6.45, 7) is 0. The van der Waals surface area contributed by atoms with E-state index in [1.165, 1.54) is 58.8 Å². The third-order valence-corrected chi connectivity index (χ3v) is 18.2. The highest BCUT2D eigenvalue weighted by molar-refractivity contribution is 7.20. The topological polar surface area (TPSA) is 23.0 Å². The molecule has 0 radical (unpaired) electrons. The van der Waals surface area contributed by atoms with Gasteiger partial charge in [0.05, 0.1) is 22.1 Å². The number of furan rings is 1. The van der Waals surface area contributed by atoms with Gasteiger partial charge >= 0.3 is 0 Å². The summed E-state index contributed by atoms with van der Waals surface area (Å²) in [6, 6.07) is 89.4. The molecule has 0 spiro atoms. The molecule has 0 unspecified atom stereocenters. The quantitative estimate of drug-likeness (QED) is 0.116. The molecule has 3 nitrogen and oxygen atoms in total. The number of hydrogen-bond donors (Lipinski definition) is 0. The first-order valence-corrected chi connectivity index (χ1v) is 24.0. The molecule has 0 aliphatic heterocycles. The summed E-state index contributed by atoms with van der Waals surface area (Å²) in [6.07, 6.45) is 0. The van der Waals surface area contributed by atoms with Crippen LogP contribution in [0.3, 0.4) is 0 Å². The van der Waals surface area contributed by atoms with Crippen molar-refractivity contribution in [3.05, 3.63) is 243 Å². The summed E-state index contributed by atoms with van der Waals surface area (Å²) < 4.78 is 11.6. The molecule has 0 atom stereocenters. The van der Waals surface area contributed by atoms with Gasteiger partial charge < -0.3 is 13.6 Å². The Labute approximate surface area is 371 Å². The highest BCUT2D eigenvalue weighted by Crippen LogP contribution is 2.42. The lowest BCUT2D eigenvalue weighted by atomic mass is 9.99. The zero-order valence-corrected chi connectivity index (χ0v) is 35.9. The Hall–Kier alpha value is -8.18. The van der Waals surface area contributed by atoms with Crippen LogP contribution in [0.1, 0.15) is 0 Å². The molecule has 0 N–H and O–H groups in total. The van der Waals surface area contributed by atoms with Crippen LogP contribution in [0.15, 0.2) is 247 Å². The van der Waals surface area contributed by atoms with E-state index in [4.69, 9.17) is 4.42 Å². The maximum absolute atomic E-state index is 6.70. The minimum absolute atomic E-state index is 0.899. The number of aromatic nitrogens is 2. The van der Waals surface area contributed by atoms with Crippen LogP contribution in [0.5, 0.6) is 0 Å². The first kappa shape index (κ1) is 36.5. The summed E-state index contributed by atoms with van der Waals surface area (Å²) >= 11 is 0. The summed E-state index contributed by atoms with van der Waals surface area (Å²) in [7, 11) is -3.03. The molecule has 13 rings (SSSR count). The molecule has 0 bridgehead atoms. The summed E-state index contributed by atoms with van der Waals surface area (Å²) in [5, 5.41) is 12.5. The van der Waals surface area contributed by atoms with Gasteiger partial charge in [0.25, 0.3) is 0 Å². The normalized spacial score (nSPS) is 12.1. The van der Waals surface area contributed by atoms with Gasteiger partial charge in [0.1, 0.15) is 11.2 Å². The van der Waals surface area contributed by atoms with Crippen LogP contribution >= 0.6 is 0 Å². The van der Waals surface area contributed by atoms with Gasteiger partial charge in [0.2, 0.25) is 0 Å². The smallest absolute Gasteiger partial charge is 0.179 e. The Kier molecular flexibility index (Phi) is 8.23. The van der Waals surface area contributed by atoms with Crippen LogP contribution in [0, 0.1) is 0 Å². The monoisotopic (exact) mass is 832 g/mol. The second-order valence-electron chi connectivity index (χ2n) is 16.8. The Morgan fingerprint density at radius 3 is 1.33 bits per heavy atom. The number of para-hydroxylation sites is 6. The first-order valence-electron chi connectivity index (χ1n) is 22.0. The van der Waals surface area contributed by atoms with Gasteiger partial charge in [-0.05, 0) is 69.3 Å². The minimum atomic E-state index is -3.03. The number of fused-ring (bicyclic) bond motifs is 9. The largest absolute Gasteiger partial charge is 0.455 e. The van der Waals surface area contributed by atoms with Crippen molar-refractivity contribution in [1.29, 1.82) is 0 Å². The minimum Gasteiger partial charge on any atom is -0.455 e. The molecule has 300 valence electrons. The highest BCUT2D eigenvalue weighted by atomic mass is 28.3. The van der Waals surface area contributed by atoms with E-state index in [2.05, 4.69) is 246 Å². The van der Waals surface area contributed by atoms with Crippen molar-refractivity contribution in [2.24, 2.45) is 0 Å². The SMILES string of the molecule is c1ccc([Si](c2ccccc2)(c2cccc(-n3c4ccccc4c4ccccc43)c2)c2cccc(-n3c4ccccc4c4cccc(-c5cccc6c5oc5ccccc56)c43)c2)cc1. The maximum atomic E-state index is 6.70. The van der Waals surface area contributed by atoms with Crippen molar-refractivity contribution < 1.29 is 4.42 Å². The molecule has 0 aliphatic carbocycles. The Bertz CT molecular complexity index is 3820. The van der Waals surface area contributed by atoms with E-state index >= 15 is 0 Å². The van der Waals surface area contributed by atoms with Crippen LogP contribution < -0.4 is 20.7 Å². The molecule has 0 amide bonds. The second-order valence-corrected chi connectivity index (χ2v) is 20.6. The Morgan fingerprint density at radius 1 is 0.297 bits per heavy atom. The van der Waals surface area contributed by atoms with E-state index in [1.54, 1.807) is 0 Å². The summed E-state index contributed by atoms with van der Waals surface area (Å²) in [4.78, 5) is 0. The van der Waals surface area contributed by atoms with E-state index in [0.29, 0.717) is 0 Å². The predicted molar refractivity (Wildman–Crippen MR) is 271 cm³/mol. The van der Waals surface area contributed by atoms with E-state index < -0.39 is 8.07 Å². The molecule has 0 aliphatic rings. The van der Waals surface area contributed by atoms with Gasteiger partial charge in [-0.25, -0.2) is 0 Å². The van der Waals surface area contributed by atoms with E-state index in [-0.39, 0.29) is 0 Å². The van der Waals surface area contributed by atoms with Gasteiger partial charge in [0, 0.05) is 54.8 Å². The van der Waals surface area contributed by atoms with E-state index in [0.717, 1.165) is 50.0 Å². The van der Waals surface area contributed by atoms with Crippen molar-refractivity contribution in [2.45, 2.75) is 0 Å². The first-order chi connectivity index (χ1) is 31.8. The third-order valence-electron chi connectivity index (χ3n) is 13.5. The standard InChI is InChI=1S/C60H40N2OSi/c1-3-21-43(22-4-1)64(44-23-5-2-6-24-44,45-25-15-19-41(39-45)61-55-35-11-7-27-47(55)48-28-8-12-36-56(48)61)46-26-16-20-42(40-46)62-57-37-13-9-29-49(57)51-31-17-32-52(59(51)62)54-34-18-33-53-50-30-10-14-38-58(50)63-60(53)54/h1-40H. The Balaban J connectivity index is 1.10. The lowest BCUT2D eigenvalue weighted by Gasteiger charge is -2.35. The molecule has 10 aromatic carbocycles. The predicted octanol–water partition coefficient (Wildman–Crippen LogP) is 12.8. The summed E-state index contributed by atoms with van der Waals surface area (Å²) in [5.74, 6) is 0. The fourth-order valence-electron chi connectivity index (χ4n) is 10.8. The van der Waals surface area contributed by atoms with E-state index in [1.807, 2.05) is 6.07 Å². The van der Waals surface area contributed by atoms with Gasteiger partial charge in [0.15, 0.2) is 8.07 Å². The number of benzene rings is 10. The van der Waals surface area contributed by atoms with Crippen LogP contribution in [0.2, 0.25) is 0 Å². The van der Waals surface area contributed by atoms with Gasteiger partial charge in [-0.15, -0.1) is 0 Å². The fourth-order valence-corrected chi connectivity index (χ4v) is 15.6. The fraction of sp³-hybridized carbons (Fsp3) is 0. The highest BCUT2D eigenvalue weighted by Gasteiger charge is 2.42. The van der Waals surface area contributed by atoms with Gasteiger partial charge in [-0.1, -0.05) is 194 Å². The van der Waals surface area contributed by atoms with Crippen molar-refractivity contribution in [2.75, 3.05) is 0 Å². The van der Waals surface area contributed by atoms with Crippen LogP contribution in [-0.2, 0) is 0 Å². The summed E-state index contributed by atoms with van der Waals surface area (Å²) in [5.41, 5.74) is 11.0. The van der Waals surface area contributed by atoms with Crippen molar-refractivity contribution in [1.82, 2.24) is 9.13 Å². The van der Waals surface area contributed by atoms with Gasteiger partial charge in [-0.3, -0.25) is 0 Å². The molecule has 3 aromatic heterocycles. The molecule has 3 heterocycles. The Morgan fingerprint density at radius 2 is 0.719 bits per heavy atom. The third kappa shape index (κ3) is 5.33. The molecule has 0 fully saturated rings. The molecule has 64 heavy (non-hydrogen) atoms. The number of rotatable bonds is 7. The number of nitrogens with zero attached hydrogens (tertiary/aromatic N) is 2.